The maximum atomic E-state index is 5.29. The quantitative estimate of drug-likeness (QED) is 0.787. The highest BCUT2D eigenvalue weighted by Gasteiger charge is 2.16. The van der Waals surface area contributed by atoms with Gasteiger partial charge in [-0.05, 0) is 43.8 Å². The van der Waals surface area contributed by atoms with Crippen molar-refractivity contribution < 1.29 is 4.74 Å². The van der Waals surface area contributed by atoms with Crippen LogP contribution in [0.2, 0.25) is 0 Å². The number of likely N-dealkylation sites (N-methyl/N-ethyl adjacent to an activating group) is 1. The first-order valence-electron chi connectivity index (χ1n) is 6.22. The zero-order valence-electron chi connectivity index (χ0n) is 11.1. The van der Waals surface area contributed by atoms with Crippen molar-refractivity contribution in [1.82, 2.24) is 9.80 Å². The molecule has 0 saturated carbocycles. The van der Waals surface area contributed by atoms with Gasteiger partial charge in [-0.25, -0.2) is 0 Å². The molecule has 0 aliphatic carbocycles. The first kappa shape index (κ1) is 12.4. The molecule has 0 N–H and O–H groups in total. The third kappa shape index (κ3) is 3.20. The van der Waals surface area contributed by atoms with Gasteiger partial charge in [0.15, 0.2) is 0 Å². The third-order valence-electron chi connectivity index (χ3n) is 3.37. The molecule has 1 aromatic carbocycles. The first-order chi connectivity index (χ1) is 8.19. The van der Waals surface area contributed by atoms with Crippen molar-refractivity contribution in [3.05, 3.63) is 29.3 Å². The summed E-state index contributed by atoms with van der Waals surface area (Å²) < 4.78 is 5.29. The Morgan fingerprint density at radius 2 is 2.12 bits per heavy atom. The minimum absolute atomic E-state index is 0.971. The number of nitrogens with zero attached hydrogens (tertiary/aromatic N) is 2. The summed E-state index contributed by atoms with van der Waals surface area (Å²) in [6.45, 7) is 4.50. The van der Waals surface area contributed by atoms with E-state index >= 15 is 0 Å². The summed E-state index contributed by atoms with van der Waals surface area (Å²) in [5, 5.41) is 0. The Balaban J connectivity index is 2.01. The Kier molecular flexibility index (Phi) is 4.02. The van der Waals surface area contributed by atoms with Crippen LogP contribution in [-0.2, 0) is 13.0 Å². The lowest BCUT2D eigenvalue weighted by atomic mass is 9.99. The Morgan fingerprint density at radius 3 is 2.82 bits per heavy atom. The number of methoxy groups -OCH3 is 1. The predicted octanol–water partition coefficient (Wildman–Crippen LogP) is 1.61. The fourth-order valence-electron chi connectivity index (χ4n) is 2.25. The van der Waals surface area contributed by atoms with Crippen LogP contribution in [0, 0.1) is 0 Å². The predicted molar refractivity (Wildman–Crippen MR) is 70.5 cm³/mol. The zero-order valence-corrected chi connectivity index (χ0v) is 11.1. The highest BCUT2D eigenvalue weighted by atomic mass is 16.5. The standard InChI is InChI=1S/C14H22N2O/c1-15(2)8-9-16-7-6-12-4-5-14(17-3)10-13(12)11-16/h4-5,10H,6-9,11H2,1-3H3. The van der Waals surface area contributed by atoms with Crippen LogP contribution in [-0.4, -0.2) is 50.6 Å². The van der Waals surface area contributed by atoms with Crippen LogP contribution in [0.3, 0.4) is 0 Å². The van der Waals surface area contributed by atoms with Gasteiger partial charge < -0.3 is 9.64 Å². The van der Waals surface area contributed by atoms with Crippen molar-refractivity contribution in [3.63, 3.8) is 0 Å². The molecule has 1 aliphatic heterocycles. The number of hydrogen-bond acceptors (Lipinski definition) is 3. The average molecular weight is 234 g/mol. The summed E-state index contributed by atoms with van der Waals surface area (Å²) in [7, 11) is 5.98. The Bertz CT molecular complexity index is 376. The highest BCUT2D eigenvalue weighted by molar-refractivity contribution is 5.37. The second-order valence-corrected chi connectivity index (χ2v) is 4.96. The fourth-order valence-corrected chi connectivity index (χ4v) is 2.25. The van der Waals surface area contributed by atoms with E-state index in [2.05, 4.69) is 42.1 Å². The van der Waals surface area contributed by atoms with Gasteiger partial charge in [-0.3, -0.25) is 4.90 Å². The molecule has 0 aromatic heterocycles. The van der Waals surface area contributed by atoms with Gasteiger partial charge in [-0.15, -0.1) is 0 Å². The topological polar surface area (TPSA) is 15.7 Å². The Morgan fingerprint density at radius 1 is 1.29 bits per heavy atom. The maximum Gasteiger partial charge on any atom is 0.119 e. The van der Waals surface area contributed by atoms with Crippen LogP contribution in [0.15, 0.2) is 18.2 Å². The molecule has 94 valence electrons. The second-order valence-electron chi connectivity index (χ2n) is 4.96. The molecule has 1 aromatic rings. The lowest BCUT2D eigenvalue weighted by molar-refractivity contribution is 0.225. The summed E-state index contributed by atoms with van der Waals surface area (Å²) in [6, 6.07) is 6.45. The smallest absolute Gasteiger partial charge is 0.119 e. The Labute approximate surface area is 104 Å². The largest absolute Gasteiger partial charge is 0.497 e. The van der Waals surface area contributed by atoms with E-state index in [-0.39, 0.29) is 0 Å². The Hall–Kier alpha value is -1.06. The summed E-state index contributed by atoms with van der Waals surface area (Å²) >= 11 is 0. The van der Waals surface area contributed by atoms with Crippen molar-refractivity contribution >= 4 is 0 Å². The number of fused-ring (bicyclic) bond motifs is 1. The molecule has 0 saturated heterocycles. The van der Waals surface area contributed by atoms with Gasteiger partial charge in [0.25, 0.3) is 0 Å². The van der Waals surface area contributed by atoms with Crippen molar-refractivity contribution in [2.24, 2.45) is 0 Å². The summed E-state index contributed by atoms with van der Waals surface area (Å²) in [6.07, 6.45) is 1.16. The molecule has 0 radical (unpaired) electrons. The molecule has 3 heteroatoms. The normalized spacial score (nSPS) is 16.0. The lowest BCUT2D eigenvalue weighted by Crippen LogP contribution is -2.35. The average Bonchev–Trinajstić information content (AvgIpc) is 2.35. The van der Waals surface area contributed by atoms with Crippen molar-refractivity contribution in [2.45, 2.75) is 13.0 Å². The van der Waals surface area contributed by atoms with Gasteiger partial charge in [0.2, 0.25) is 0 Å². The van der Waals surface area contributed by atoms with E-state index in [1.165, 1.54) is 17.7 Å². The first-order valence-corrected chi connectivity index (χ1v) is 6.22. The molecular weight excluding hydrogens is 212 g/mol. The van der Waals surface area contributed by atoms with Crippen LogP contribution in [0.25, 0.3) is 0 Å². The van der Waals surface area contributed by atoms with Crippen LogP contribution in [0.5, 0.6) is 5.75 Å². The second kappa shape index (κ2) is 5.52. The monoisotopic (exact) mass is 234 g/mol. The van der Waals surface area contributed by atoms with E-state index in [1.807, 2.05) is 0 Å². The summed E-state index contributed by atoms with van der Waals surface area (Å²) in [5.74, 6) is 0.971. The minimum Gasteiger partial charge on any atom is -0.497 e. The molecule has 1 aliphatic rings. The maximum absolute atomic E-state index is 5.29. The summed E-state index contributed by atoms with van der Waals surface area (Å²) in [5.41, 5.74) is 2.90. The van der Waals surface area contributed by atoms with E-state index < -0.39 is 0 Å². The fraction of sp³-hybridized carbons (Fsp3) is 0.571. The zero-order chi connectivity index (χ0) is 12.3. The number of benzene rings is 1. The molecule has 3 nitrogen and oxygen atoms in total. The van der Waals surface area contributed by atoms with Gasteiger partial charge in [-0.2, -0.15) is 0 Å². The minimum atomic E-state index is 0.971. The van der Waals surface area contributed by atoms with Crippen LogP contribution < -0.4 is 4.74 Å². The molecular formula is C14H22N2O. The van der Waals surface area contributed by atoms with Crippen LogP contribution in [0.4, 0.5) is 0 Å². The highest BCUT2D eigenvalue weighted by Crippen LogP contribution is 2.23. The molecule has 0 atom stereocenters. The molecule has 2 rings (SSSR count). The lowest BCUT2D eigenvalue weighted by Gasteiger charge is -2.29. The van der Waals surface area contributed by atoms with E-state index in [4.69, 9.17) is 4.74 Å². The van der Waals surface area contributed by atoms with Gasteiger partial charge in [-0.1, -0.05) is 6.07 Å². The molecule has 0 spiro atoms. The number of ether oxygens (including phenoxy) is 1. The third-order valence-corrected chi connectivity index (χ3v) is 3.37. The molecule has 0 fully saturated rings. The van der Waals surface area contributed by atoms with E-state index in [1.54, 1.807) is 7.11 Å². The molecule has 0 bridgehead atoms. The molecule has 17 heavy (non-hydrogen) atoms. The van der Waals surface area contributed by atoms with Gasteiger partial charge in [0.1, 0.15) is 5.75 Å². The van der Waals surface area contributed by atoms with Gasteiger partial charge >= 0.3 is 0 Å². The van der Waals surface area contributed by atoms with Gasteiger partial charge in [0, 0.05) is 26.2 Å². The van der Waals surface area contributed by atoms with Crippen LogP contribution in [0.1, 0.15) is 11.1 Å². The van der Waals surface area contributed by atoms with Crippen molar-refractivity contribution in [3.8, 4) is 5.75 Å². The van der Waals surface area contributed by atoms with E-state index in [0.717, 1.165) is 31.8 Å². The van der Waals surface area contributed by atoms with E-state index in [9.17, 15) is 0 Å². The molecule has 0 amide bonds. The van der Waals surface area contributed by atoms with Gasteiger partial charge in [0.05, 0.1) is 7.11 Å². The summed E-state index contributed by atoms with van der Waals surface area (Å²) in [4.78, 5) is 4.75. The van der Waals surface area contributed by atoms with E-state index in [0.29, 0.717) is 0 Å². The number of rotatable bonds is 4. The van der Waals surface area contributed by atoms with Crippen molar-refractivity contribution in [2.75, 3.05) is 40.8 Å². The molecule has 1 heterocycles. The van der Waals surface area contributed by atoms with Crippen LogP contribution >= 0.6 is 0 Å². The molecule has 0 unspecified atom stereocenters. The number of hydrogen-bond donors (Lipinski definition) is 0. The SMILES string of the molecule is COc1ccc2c(c1)CN(CCN(C)C)CC2. The van der Waals surface area contributed by atoms with Crippen molar-refractivity contribution in [1.29, 1.82) is 0 Å².